The molecule has 0 saturated carbocycles. The number of benzene rings is 3. The Morgan fingerprint density at radius 1 is 0.808 bits per heavy atom. The second-order valence-corrected chi connectivity index (χ2v) is 7.29. The molecule has 0 aliphatic rings. The highest BCUT2D eigenvalue weighted by Gasteiger charge is 2.19. The summed E-state index contributed by atoms with van der Waals surface area (Å²) >= 11 is 1.78. The zero-order valence-electron chi connectivity index (χ0n) is 14.7. The summed E-state index contributed by atoms with van der Waals surface area (Å²) in [4.78, 5) is 15.0. The first-order valence-corrected chi connectivity index (χ1v) is 9.83. The third-order valence-corrected chi connectivity index (χ3v) is 5.35. The molecule has 0 heterocycles. The van der Waals surface area contributed by atoms with E-state index in [2.05, 4.69) is 36.4 Å². The van der Waals surface area contributed by atoms with Crippen molar-refractivity contribution in [2.24, 2.45) is 0 Å². The molecule has 132 valence electrons. The molecule has 0 N–H and O–H groups in total. The highest BCUT2D eigenvalue weighted by atomic mass is 32.2. The van der Waals surface area contributed by atoms with Gasteiger partial charge in [0.1, 0.15) is 0 Å². The first-order valence-electron chi connectivity index (χ1n) is 8.84. The third kappa shape index (κ3) is 5.24. The lowest BCUT2D eigenvalue weighted by Gasteiger charge is -2.29. The minimum atomic E-state index is 0.0486. The Bertz CT molecular complexity index is 777. The van der Waals surface area contributed by atoms with Crippen molar-refractivity contribution in [2.45, 2.75) is 17.4 Å². The van der Waals surface area contributed by atoms with Gasteiger partial charge in [0.25, 0.3) is 0 Å². The van der Waals surface area contributed by atoms with Gasteiger partial charge in [-0.15, -0.1) is 11.8 Å². The molecular weight excluding hydrogens is 338 g/mol. The second-order valence-electron chi connectivity index (χ2n) is 6.12. The molecule has 0 radical (unpaired) electrons. The van der Waals surface area contributed by atoms with Crippen molar-refractivity contribution < 1.29 is 4.79 Å². The van der Waals surface area contributed by atoms with Crippen LogP contribution in [0.25, 0.3) is 0 Å². The molecule has 2 nitrogen and oxygen atoms in total. The van der Waals surface area contributed by atoms with E-state index in [9.17, 15) is 4.79 Å². The van der Waals surface area contributed by atoms with Gasteiger partial charge in [-0.1, -0.05) is 78.9 Å². The smallest absolute Gasteiger partial charge is 0.210 e. The minimum Gasteiger partial charge on any atom is -0.337 e. The van der Waals surface area contributed by atoms with Crippen LogP contribution in [0.15, 0.2) is 95.9 Å². The molecule has 0 unspecified atom stereocenters. The summed E-state index contributed by atoms with van der Waals surface area (Å²) in [5, 5.41) is 0. The van der Waals surface area contributed by atoms with E-state index in [4.69, 9.17) is 0 Å². The molecule has 0 spiro atoms. The molecular formula is C23H23NOS. The van der Waals surface area contributed by atoms with E-state index in [-0.39, 0.29) is 6.04 Å². The van der Waals surface area contributed by atoms with Gasteiger partial charge in [-0.25, -0.2) is 0 Å². The number of thioether (sulfide) groups is 1. The first kappa shape index (κ1) is 18.3. The van der Waals surface area contributed by atoms with E-state index in [1.165, 1.54) is 16.0 Å². The van der Waals surface area contributed by atoms with Crippen LogP contribution in [0.3, 0.4) is 0 Å². The van der Waals surface area contributed by atoms with Gasteiger partial charge < -0.3 is 4.90 Å². The Balaban J connectivity index is 1.71. The molecule has 3 aromatic rings. The average Bonchev–Trinajstić information content (AvgIpc) is 2.72. The predicted octanol–water partition coefficient (Wildman–Crippen LogP) is 5.22. The molecule has 0 fully saturated rings. The molecule has 0 aliphatic carbocycles. The fourth-order valence-corrected chi connectivity index (χ4v) is 3.89. The average molecular weight is 362 g/mol. The van der Waals surface area contributed by atoms with Crippen molar-refractivity contribution in [2.75, 3.05) is 12.3 Å². The standard InChI is InChI=1S/C23H23NOS/c25-19-24(16-17-26-22-14-8-3-9-15-22)23(21-12-6-2-7-13-21)18-20-10-4-1-5-11-20/h1-15,19,23H,16-18H2/t23-/m1/s1. The summed E-state index contributed by atoms with van der Waals surface area (Å²) in [6.07, 6.45) is 1.81. The van der Waals surface area contributed by atoms with Crippen molar-refractivity contribution in [1.29, 1.82) is 0 Å². The zero-order valence-corrected chi connectivity index (χ0v) is 15.5. The summed E-state index contributed by atoms with van der Waals surface area (Å²) in [5.41, 5.74) is 2.41. The summed E-state index contributed by atoms with van der Waals surface area (Å²) in [5.74, 6) is 0.876. The van der Waals surface area contributed by atoms with Crippen LogP contribution in [0.1, 0.15) is 17.2 Å². The Kier molecular flexibility index (Phi) is 6.91. The van der Waals surface area contributed by atoms with Gasteiger partial charge in [0.05, 0.1) is 6.04 Å². The maximum atomic E-state index is 11.9. The number of amides is 1. The predicted molar refractivity (Wildman–Crippen MR) is 109 cm³/mol. The van der Waals surface area contributed by atoms with Crippen LogP contribution in [0.5, 0.6) is 0 Å². The Morgan fingerprint density at radius 3 is 2.00 bits per heavy atom. The monoisotopic (exact) mass is 361 g/mol. The lowest BCUT2D eigenvalue weighted by atomic mass is 9.98. The van der Waals surface area contributed by atoms with E-state index in [0.29, 0.717) is 0 Å². The SMILES string of the molecule is O=CN(CCSc1ccccc1)[C@H](Cc1ccccc1)c1ccccc1. The number of nitrogens with zero attached hydrogens (tertiary/aromatic N) is 1. The van der Waals surface area contributed by atoms with Gasteiger partial charge in [0, 0.05) is 17.2 Å². The van der Waals surface area contributed by atoms with Gasteiger partial charge in [-0.05, 0) is 29.7 Å². The molecule has 0 saturated heterocycles. The highest BCUT2D eigenvalue weighted by molar-refractivity contribution is 7.99. The molecule has 3 aromatic carbocycles. The van der Waals surface area contributed by atoms with Crippen molar-refractivity contribution in [3.63, 3.8) is 0 Å². The first-order chi connectivity index (χ1) is 12.9. The third-order valence-electron chi connectivity index (χ3n) is 4.35. The number of rotatable bonds is 9. The highest BCUT2D eigenvalue weighted by Crippen LogP contribution is 2.25. The molecule has 26 heavy (non-hydrogen) atoms. The molecule has 0 aliphatic heterocycles. The van der Waals surface area contributed by atoms with Gasteiger partial charge in [0.15, 0.2) is 0 Å². The van der Waals surface area contributed by atoms with Crippen molar-refractivity contribution in [3.8, 4) is 0 Å². The maximum Gasteiger partial charge on any atom is 0.210 e. The van der Waals surface area contributed by atoms with Gasteiger partial charge >= 0.3 is 0 Å². The van der Waals surface area contributed by atoms with E-state index < -0.39 is 0 Å². The van der Waals surface area contributed by atoms with Crippen LogP contribution < -0.4 is 0 Å². The molecule has 0 bridgehead atoms. The van der Waals surface area contributed by atoms with Gasteiger partial charge in [-0.3, -0.25) is 4.79 Å². The van der Waals surface area contributed by atoms with Crippen LogP contribution >= 0.6 is 11.8 Å². The Labute approximate surface area is 159 Å². The van der Waals surface area contributed by atoms with Crippen LogP contribution in [-0.4, -0.2) is 23.6 Å². The summed E-state index contributed by atoms with van der Waals surface area (Å²) in [6, 6.07) is 31.0. The van der Waals surface area contributed by atoms with E-state index in [1.54, 1.807) is 11.8 Å². The summed E-state index contributed by atoms with van der Waals surface area (Å²) < 4.78 is 0. The summed E-state index contributed by atoms with van der Waals surface area (Å²) in [7, 11) is 0. The maximum absolute atomic E-state index is 11.9. The Hall–Kier alpha value is -2.52. The largest absolute Gasteiger partial charge is 0.337 e. The second kappa shape index (κ2) is 9.83. The molecule has 3 heteroatoms. The molecule has 3 rings (SSSR count). The molecule has 1 atom stereocenters. The van der Waals surface area contributed by atoms with Crippen molar-refractivity contribution >= 4 is 18.2 Å². The zero-order chi connectivity index (χ0) is 18.0. The number of hydrogen-bond donors (Lipinski definition) is 0. The van der Waals surface area contributed by atoms with Crippen molar-refractivity contribution in [1.82, 2.24) is 4.90 Å². The Morgan fingerprint density at radius 2 is 1.38 bits per heavy atom. The number of carbonyl (C=O) groups is 1. The van der Waals surface area contributed by atoms with Crippen LogP contribution in [0, 0.1) is 0 Å². The van der Waals surface area contributed by atoms with Gasteiger partial charge in [0.2, 0.25) is 6.41 Å². The summed E-state index contributed by atoms with van der Waals surface area (Å²) in [6.45, 7) is 0.718. The minimum absolute atomic E-state index is 0.0486. The van der Waals surface area contributed by atoms with Crippen LogP contribution in [0.4, 0.5) is 0 Å². The lowest BCUT2D eigenvalue weighted by molar-refractivity contribution is -0.120. The van der Waals surface area contributed by atoms with E-state index in [1.807, 2.05) is 59.5 Å². The molecule has 1 amide bonds. The number of hydrogen-bond acceptors (Lipinski definition) is 2. The topological polar surface area (TPSA) is 20.3 Å². The number of carbonyl (C=O) groups excluding carboxylic acids is 1. The fourth-order valence-electron chi connectivity index (χ4n) is 3.01. The van der Waals surface area contributed by atoms with E-state index >= 15 is 0 Å². The lowest BCUT2D eigenvalue weighted by Crippen LogP contribution is -2.31. The van der Waals surface area contributed by atoms with E-state index in [0.717, 1.165) is 25.1 Å². The quantitative estimate of drug-likeness (QED) is 0.385. The van der Waals surface area contributed by atoms with Crippen LogP contribution in [0.2, 0.25) is 0 Å². The van der Waals surface area contributed by atoms with Gasteiger partial charge in [-0.2, -0.15) is 0 Å². The van der Waals surface area contributed by atoms with Crippen molar-refractivity contribution in [3.05, 3.63) is 102 Å². The van der Waals surface area contributed by atoms with Crippen LogP contribution in [-0.2, 0) is 11.2 Å². The molecule has 0 aromatic heterocycles. The fraction of sp³-hybridized carbons (Fsp3) is 0.174. The normalized spacial score (nSPS) is 11.7.